The molecular weight excluding hydrogens is 623 g/mol. The van der Waals surface area contributed by atoms with Gasteiger partial charge in [0.2, 0.25) is 0 Å². The first-order chi connectivity index (χ1) is 25.2. The van der Waals surface area contributed by atoms with Gasteiger partial charge in [-0.15, -0.1) is 0 Å². The minimum absolute atomic E-state index is 0.196. The molecule has 10 rings (SSSR count). The molecule has 0 amide bonds. The molecule has 5 heteroatoms. The lowest BCUT2D eigenvalue weighted by atomic mass is 9.76. The molecule has 0 N–H and O–H groups in total. The molecule has 0 radical (unpaired) electrons. The van der Waals surface area contributed by atoms with Crippen molar-refractivity contribution in [1.29, 1.82) is 0 Å². The summed E-state index contributed by atoms with van der Waals surface area (Å²) < 4.78 is 2.46. The summed E-state index contributed by atoms with van der Waals surface area (Å²) >= 11 is 0. The van der Waals surface area contributed by atoms with Gasteiger partial charge >= 0.3 is 0 Å². The third-order valence-corrected chi connectivity index (χ3v) is 10.4. The summed E-state index contributed by atoms with van der Waals surface area (Å²) in [4.78, 5) is 17.4. The van der Waals surface area contributed by atoms with Crippen molar-refractivity contribution in [1.82, 2.24) is 19.5 Å². The minimum atomic E-state index is -0.196. The zero-order valence-corrected chi connectivity index (χ0v) is 28.1. The maximum Gasteiger partial charge on any atom is 0.164 e. The van der Waals surface area contributed by atoms with Crippen molar-refractivity contribution in [2.45, 2.75) is 18.8 Å². The van der Waals surface area contributed by atoms with Crippen LogP contribution in [0.4, 0.5) is 11.4 Å². The van der Waals surface area contributed by atoms with Crippen LogP contribution in [0.2, 0.25) is 0 Å². The Morgan fingerprint density at radius 3 is 1.69 bits per heavy atom. The number of hydrogen-bond donors (Lipinski definition) is 0. The fraction of sp³-hybridized carbons (Fsp3) is 0.0652. The van der Waals surface area contributed by atoms with E-state index < -0.39 is 0 Å². The molecule has 1 aliphatic heterocycles. The van der Waals surface area contributed by atoms with E-state index in [1.807, 2.05) is 60.7 Å². The van der Waals surface area contributed by atoms with Gasteiger partial charge in [-0.3, -0.25) is 0 Å². The Balaban J connectivity index is 1.19. The molecule has 2 aliphatic rings. The van der Waals surface area contributed by atoms with E-state index in [0.717, 1.165) is 28.8 Å². The van der Waals surface area contributed by atoms with Crippen molar-refractivity contribution in [3.05, 3.63) is 180 Å². The van der Waals surface area contributed by atoms with Crippen molar-refractivity contribution in [3.8, 4) is 39.9 Å². The molecule has 6 aromatic carbocycles. The largest absolute Gasteiger partial charge is 0.311 e. The average molecular weight is 656 g/mol. The lowest BCUT2D eigenvalue weighted by Gasteiger charge is -2.32. The van der Waals surface area contributed by atoms with Crippen LogP contribution in [-0.4, -0.2) is 19.5 Å². The van der Waals surface area contributed by atoms with Crippen LogP contribution in [-0.2, 0) is 5.41 Å². The summed E-state index contributed by atoms with van der Waals surface area (Å²) in [5.41, 5.74) is 10.0. The van der Waals surface area contributed by atoms with E-state index >= 15 is 0 Å². The molecule has 1 atom stereocenters. The standard InChI is InChI=1S/C46H33N5/c1-46-30-29-37-36-21-11-13-23-39(36)50(41(37)42(46)51(34-19-9-4-10-20-34)40-24-14-12-22-38(40)46)35-27-25-33(26-28-35)45-48-43(31-15-5-2-6-16-31)47-44(49-45)32-17-7-3-8-18-32/h2-29H,30H2,1H3. The smallest absolute Gasteiger partial charge is 0.164 e. The first kappa shape index (κ1) is 29.3. The Hall–Kier alpha value is -6.59. The van der Waals surface area contributed by atoms with E-state index in [1.165, 1.54) is 44.1 Å². The zero-order valence-electron chi connectivity index (χ0n) is 28.1. The second-order valence-electron chi connectivity index (χ2n) is 13.5. The van der Waals surface area contributed by atoms with Gasteiger partial charge in [-0.25, -0.2) is 15.0 Å². The van der Waals surface area contributed by atoms with Crippen LogP contribution in [0.25, 0.3) is 62.5 Å². The Kier molecular flexibility index (Phi) is 6.61. The third-order valence-electron chi connectivity index (χ3n) is 10.4. The highest BCUT2D eigenvalue weighted by molar-refractivity contribution is 5.97. The van der Waals surface area contributed by atoms with Crippen molar-refractivity contribution >= 4 is 34.1 Å². The molecule has 51 heavy (non-hydrogen) atoms. The van der Waals surface area contributed by atoms with E-state index in [-0.39, 0.29) is 5.41 Å². The highest BCUT2D eigenvalue weighted by Gasteiger charge is 2.46. The molecule has 5 nitrogen and oxygen atoms in total. The van der Waals surface area contributed by atoms with E-state index in [0.29, 0.717) is 17.5 Å². The van der Waals surface area contributed by atoms with Gasteiger partial charge in [-0.1, -0.05) is 121 Å². The Morgan fingerprint density at radius 1 is 0.510 bits per heavy atom. The monoisotopic (exact) mass is 655 g/mol. The average Bonchev–Trinajstić information content (AvgIpc) is 3.68. The molecule has 0 spiro atoms. The maximum atomic E-state index is 4.99. The zero-order chi connectivity index (χ0) is 33.9. The number of anilines is 2. The fourth-order valence-corrected chi connectivity index (χ4v) is 8.03. The normalized spacial score (nSPS) is 16.0. The molecule has 0 fully saturated rings. The van der Waals surface area contributed by atoms with Crippen LogP contribution in [0.1, 0.15) is 18.9 Å². The van der Waals surface area contributed by atoms with Gasteiger partial charge in [0.15, 0.2) is 17.5 Å². The summed E-state index contributed by atoms with van der Waals surface area (Å²) in [6.07, 6.45) is 3.38. The topological polar surface area (TPSA) is 46.8 Å². The highest BCUT2D eigenvalue weighted by atomic mass is 15.2. The second-order valence-corrected chi connectivity index (χ2v) is 13.5. The summed E-state index contributed by atoms with van der Waals surface area (Å²) in [5.74, 6) is 1.95. The number of benzene rings is 6. The number of para-hydroxylation sites is 3. The lowest BCUT2D eigenvalue weighted by molar-refractivity contribution is 0.640. The molecule has 2 aromatic heterocycles. The number of fused-ring (bicyclic) bond motifs is 6. The predicted molar refractivity (Wildman–Crippen MR) is 207 cm³/mol. The molecule has 1 aliphatic carbocycles. The van der Waals surface area contributed by atoms with Crippen molar-refractivity contribution in [2.24, 2.45) is 0 Å². The first-order valence-corrected chi connectivity index (χ1v) is 17.4. The van der Waals surface area contributed by atoms with Crippen LogP contribution in [0.15, 0.2) is 164 Å². The Labute approximate surface area is 296 Å². The summed E-state index contributed by atoms with van der Waals surface area (Å²) in [5, 5.41) is 3.77. The number of aromatic nitrogens is 4. The summed E-state index contributed by atoms with van der Waals surface area (Å²) in [6.45, 7) is 2.41. The number of rotatable bonds is 5. The van der Waals surface area contributed by atoms with Gasteiger partial charge < -0.3 is 9.47 Å². The third kappa shape index (κ3) is 4.59. The van der Waals surface area contributed by atoms with Crippen molar-refractivity contribution in [2.75, 3.05) is 4.90 Å². The van der Waals surface area contributed by atoms with Crippen LogP contribution >= 0.6 is 0 Å². The van der Waals surface area contributed by atoms with Gasteiger partial charge in [-0.05, 0) is 67.4 Å². The number of nitrogens with zero attached hydrogens (tertiary/aromatic N) is 5. The second kappa shape index (κ2) is 11.5. The van der Waals surface area contributed by atoms with Crippen molar-refractivity contribution in [3.63, 3.8) is 0 Å². The predicted octanol–water partition coefficient (Wildman–Crippen LogP) is 9.22. The number of hydrogen-bond acceptors (Lipinski definition) is 4. The van der Waals surface area contributed by atoms with Crippen LogP contribution < -0.4 is 15.5 Å². The van der Waals surface area contributed by atoms with Gasteiger partial charge in [-0.2, -0.15) is 0 Å². The van der Waals surface area contributed by atoms with Crippen LogP contribution in [0.5, 0.6) is 0 Å². The van der Waals surface area contributed by atoms with E-state index in [9.17, 15) is 0 Å². The highest BCUT2D eigenvalue weighted by Crippen LogP contribution is 2.54. The molecular formula is C46H33N5. The van der Waals surface area contributed by atoms with Crippen molar-refractivity contribution < 1.29 is 0 Å². The van der Waals surface area contributed by atoms with E-state index in [1.54, 1.807) is 0 Å². The molecule has 0 saturated heterocycles. The summed E-state index contributed by atoms with van der Waals surface area (Å²) in [7, 11) is 0. The van der Waals surface area contributed by atoms with E-state index in [4.69, 9.17) is 15.0 Å². The molecule has 1 unspecified atom stereocenters. The SMILES string of the molecule is CC12CC=c3c(n(-c4ccc(-c5nc(-c6ccccc6)nc(-c6ccccc6)n5)cc4)c4ccccc34)=C1N(c1ccccc1)c1ccccc12. The molecule has 3 heterocycles. The Morgan fingerprint density at radius 2 is 1.04 bits per heavy atom. The molecule has 8 aromatic rings. The Bertz CT molecular complexity index is 2660. The van der Waals surface area contributed by atoms with Gasteiger partial charge in [0, 0.05) is 44.1 Å². The maximum absolute atomic E-state index is 4.99. The minimum Gasteiger partial charge on any atom is -0.311 e. The first-order valence-electron chi connectivity index (χ1n) is 17.4. The fourth-order valence-electron chi connectivity index (χ4n) is 8.03. The van der Waals surface area contributed by atoms with Gasteiger partial charge in [0.05, 0.1) is 22.3 Å². The van der Waals surface area contributed by atoms with E-state index in [2.05, 4.69) is 126 Å². The van der Waals surface area contributed by atoms with Gasteiger partial charge in [0.25, 0.3) is 0 Å². The molecule has 0 saturated carbocycles. The molecule has 0 bridgehead atoms. The quantitative estimate of drug-likeness (QED) is 0.186. The van der Waals surface area contributed by atoms with Crippen LogP contribution in [0.3, 0.4) is 0 Å². The summed E-state index contributed by atoms with van der Waals surface area (Å²) in [6, 6.07) is 57.4. The van der Waals surface area contributed by atoms with Gasteiger partial charge in [0.1, 0.15) is 0 Å². The van der Waals surface area contributed by atoms with Crippen LogP contribution in [0, 0.1) is 0 Å². The lowest BCUT2D eigenvalue weighted by Crippen LogP contribution is -2.43. The molecule has 242 valence electrons.